The molecule has 0 saturated heterocycles. The first kappa shape index (κ1) is 23.4. The summed E-state index contributed by atoms with van der Waals surface area (Å²) in [6.07, 6.45) is 0.453. The van der Waals surface area contributed by atoms with Crippen LogP contribution in [0.1, 0.15) is 43.9 Å². The lowest BCUT2D eigenvalue weighted by Gasteiger charge is -2.31. The van der Waals surface area contributed by atoms with Crippen LogP contribution in [0.25, 0.3) is 0 Å². The minimum atomic E-state index is -0.645. The van der Waals surface area contributed by atoms with Gasteiger partial charge in [-0.05, 0) is 75.1 Å². The van der Waals surface area contributed by atoms with Crippen molar-refractivity contribution in [2.75, 3.05) is 6.61 Å². The van der Waals surface area contributed by atoms with Gasteiger partial charge < -0.3 is 15.0 Å². The van der Waals surface area contributed by atoms with E-state index in [0.717, 1.165) is 16.7 Å². The van der Waals surface area contributed by atoms with Gasteiger partial charge in [0.1, 0.15) is 17.6 Å². The lowest BCUT2D eigenvalue weighted by atomic mass is 10.1. The van der Waals surface area contributed by atoms with E-state index in [0.29, 0.717) is 12.2 Å². The quantitative estimate of drug-likeness (QED) is 0.671. The number of benzene rings is 2. The molecule has 5 nitrogen and oxygen atoms in total. The third kappa shape index (κ3) is 6.58. The summed E-state index contributed by atoms with van der Waals surface area (Å²) in [5.41, 5.74) is 2.96. The Morgan fingerprint density at radius 3 is 2.30 bits per heavy atom. The largest absolute Gasteiger partial charge is 0.484 e. The van der Waals surface area contributed by atoms with Crippen LogP contribution in [0.15, 0.2) is 42.5 Å². The second-order valence-corrected chi connectivity index (χ2v) is 7.77. The van der Waals surface area contributed by atoms with E-state index in [1.54, 1.807) is 12.1 Å². The van der Waals surface area contributed by atoms with E-state index in [1.165, 1.54) is 17.0 Å². The van der Waals surface area contributed by atoms with Gasteiger partial charge in [-0.25, -0.2) is 4.39 Å². The monoisotopic (exact) mass is 414 g/mol. The summed E-state index contributed by atoms with van der Waals surface area (Å²) >= 11 is 0. The molecule has 2 amide bonds. The van der Waals surface area contributed by atoms with Crippen LogP contribution in [0.2, 0.25) is 0 Å². The molecule has 2 rings (SSSR count). The van der Waals surface area contributed by atoms with E-state index in [1.807, 2.05) is 52.8 Å². The maximum Gasteiger partial charge on any atom is 0.261 e. The molecule has 2 aromatic carbocycles. The molecule has 0 aromatic heterocycles. The fraction of sp³-hybridized carbons (Fsp3) is 0.417. The number of hydrogen-bond donors (Lipinski definition) is 1. The second-order valence-electron chi connectivity index (χ2n) is 7.77. The number of aryl methyl sites for hydroxylation is 2. The van der Waals surface area contributed by atoms with Crippen LogP contribution in [0.4, 0.5) is 4.39 Å². The minimum Gasteiger partial charge on any atom is -0.484 e. The Hall–Kier alpha value is -2.89. The van der Waals surface area contributed by atoms with Gasteiger partial charge in [0.25, 0.3) is 5.91 Å². The van der Waals surface area contributed by atoms with Crippen molar-refractivity contribution in [2.45, 2.75) is 59.7 Å². The van der Waals surface area contributed by atoms with Crippen molar-refractivity contribution in [3.63, 3.8) is 0 Å². The lowest BCUT2D eigenvalue weighted by Crippen LogP contribution is -2.51. The Kier molecular flexibility index (Phi) is 8.39. The van der Waals surface area contributed by atoms with Crippen molar-refractivity contribution in [2.24, 2.45) is 0 Å². The number of ether oxygens (including phenoxy) is 1. The zero-order valence-corrected chi connectivity index (χ0v) is 18.4. The summed E-state index contributed by atoms with van der Waals surface area (Å²) < 4.78 is 19.0. The lowest BCUT2D eigenvalue weighted by molar-refractivity contribution is -0.143. The molecule has 0 aliphatic rings. The maximum atomic E-state index is 13.3. The molecular formula is C24H31FN2O3. The molecule has 0 radical (unpaired) electrons. The van der Waals surface area contributed by atoms with E-state index in [-0.39, 0.29) is 36.8 Å². The fourth-order valence-corrected chi connectivity index (χ4v) is 3.12. The summed E-state index contributed by atoms with van der Waals surface area (Å²) in [5, 5.41) is 2.88. The molecular weight excluding hydrogens is 383 g/mol. The van der Waals surface area contributed by atoms with Gasteiger partial charge in [-0.1, -0.05) is 25.1 Å². The van der Waals surface area contributed by atoms with E-state index >= 15 is 0 Å². The molecule has 1 N–H and O–H groups in total. The maximum absolute atomic E-state index is 13.3. The van der Waals surface area contributed by atoms with Crippen molar-refractivity contribution >= 4 is 11.8 Å². The van der Waals surface area contributed by atoms with Crippen molar-refractivity contribution in [3.05, 3.63) is 65.0 Å². The summed E-state index contributed by atoms with van der Waals surface area (Å²) in [4.78, 5) is 27.3. The minimum absolute atomic E-state index is 0.0406. The van der Waals surface area contributed by atoms with Gasteiger partial charge in [-0.3, -0.25) is 9.59 Å². The summed E-state index contributed by atoms with van der Waals surface area (Å²) in [6, 6.07) is 10.9. The fourth-order valence-electron chi connectivity index (χ4n) is 3.12. The SMILES string of the molecule is CC[C@H](C(=O)NC(C)C)N(Cc1ccc(F)cc1)C(=O)COc1ccc(C)c(C)c1. The van der Waals surface area contributed by atoms with Gasteiger partial charge in [0.05, 0.1) is 0 Å². The molecule has 1 atom stereocenters. The zero-order chi connectivity index (χ0) is 22.3. The van der Waals surface area contributed by atoms with E-state index in [2.05, 4.69) is 5.32 Å². The topological polar surface area (TPSA) is 58.6 Å². The van der Waals surface area contributed by atoms with Crippen molar-refractivity contribution in [3.8, 4) is 5.75 Å². The van der Waals surface area contributed by atoms with Crippen LogP contribution >= 0.6 is 0 Å². The summed E-state index contributed by atoms with van der Waals surface area (Å²) in [6.45, 7) is 9.61. The van der Waals surface area contributed by atoms with E-state index < -0.39 is 6.04 Å². The molecule has 0 aliphatic carbocycles. The van der Waals surface area contributed by atoms with Crippen LogP contribution in [-0.2, 0) is 16.1 Å². The molecule has 0 unspecified atom stereocenters. The molecule has 0 bridgehead atoms. The van der Waals surface area contributed by atoms with Crippen LogP contribution in [0.5, 0.6) is 5.75 Å². The average Bonchev–Trinajstić information content (AvgIpc) is 2.69. The third-order valence-corrected chi connectivity index (χ3v) is 4.92. The Morgan fingerprint density at radius 2 is 1.73 bits per heavy atom. The Labute approximate surface area is 178 Å². The first-order valence-electron chi connectivity index (χ1n) is 10.3. The third-order valence-electron chi connectivity index (χ3n) is 4.92. The van der Waals surface area contributed by atoms with Crippen LogP contribution in [-0.4, -0.2) is 35.4 Å². The second kappa shape index (κ2) is 10.8. The van der Waals surface area contributed by atoms with Gasteiger partial charge in [0.2, 0.25) is 5.91 Å². The highest BCUT2D eigenvalue weighted by atomic mass is 19.1. The van der Waals surface area contributed by atoms with Crippen LogP contribution in [0, 0.1) is 19.7 Å². The smallest absolute Gasteiger partial charge is 0.261 e. The number of rotatable bonds is 9. The first-order valence-corrected chi connectivity index (χ1v) is 10.3. The molecule has 2 aromatic rings. The highest BCUT2D eigenvalue weighted by Gasteiger charge is 2.29. The summed E-state index contributed by atoms with van der Waals surface area (Å²) in [5.74, 6) is -0.260. The molecule has 6 heteroatoms. The Bertz CT molecular complexity index is 865. The van der Waals surface area contributed by atoms with Gasteiger partial charge in [0, 0.05) is 12.6 Å². The Morgan fingerprint density at radius 1 is 1.07 bits per heavy atom. The average molecular weight is 415 g/mol. The zero-order valence-electron chi connectivity index (χ0n) is 18.4. The predicted octanol–water partition coefficient (Wildman–Crippen LogP) is 4.15. The molecule has 0 aliphatic heterocycles. The van der Waals surface area contributed by atoms with Crippen LogP contribution < -0.4 is 10.1 Å². The number of carbonyl (C=O) groups excluding carboxylic acids is 2. The highest BCUT2D eigenvalue weighted by molar-refractivity contribution is 5.88. The van der Waals surface area contributed by atoms with Gasteiger partial charge >= 0.3 is 0 Å². The molecule has 0 saturated carbocycles. The number of nitrogens with zero attached hydrogens (tertiary/aromatic N) is 1. The van der Waals surface area contributed by atoms with Gasteiger partial charge in [-0.2, -0.15) is 0 Å². The number of halogens is 1. The highest BCUT2D eigenvalue weighted by Crippen LogP contribution is 2.18. The van der Waals surface area contributed by atoms with Crippen molar-refractivity contribution < 1.29 is 18.7 Å². The number of amides is 2. The predicted molar refractivity (Wildman–Crippen MR) is 116 cm³/mol. The molecule has 0 spiro atoms. The van der Waals surface area contributed by atoms with Crippen LogP contribution in [0.3, 0.4) is 0 Å². The standard InChI is InChI=1S/C24H31FN2O3/c1-6-22(24(29)26-16(2)3)27(14-19-8-10-20(25)11-9-19)23(28)15-30-21-12-7-17(4)18(5)13-21/h7-13,16,22H,6,14-15H2,1-5H3,(H,26,29)/t22-/m1/s1. The molecule has 162 valence electrons. The molecule has 0 heterocycles. The first-order chi connectivity index (χ1) is 14.2. The number of carbonyl (C=O) groups is 2. The van der Waals surface area contributed by atoms with E-state index in [9.17, 15) is 14.0 Å². The number of nitrogens with one attached hydrogen (secondary N) is 1. The normalized spacial score (nSPS) is 11.8. The van der Waals surface area contributed by atoms with Crippen molar-refractivity contribution in [1.29, 1.82) is 0 Å². The Balaban J connectivity index is 2.21. The van der Waals surface area contributed by atoms with Gasteiger partial charge in [0.15, 0.2) is 6.61 Å². The van der Waals surface area contributed by atoms with Gasteiger partial charge in [-0.15, -0.1) is 0 Å². The molecule has 0 fully saturated rings. The van der Waals surface area contributed by atoms with Crippen molar-refractivity contribution in [1.82, 2.24) is 10.2 Å². The number of hydrogen-bond acceptors (Lipinski definition) is 3. The summed E-state index contributed by atoms with van der Waals surface area (Å²) in [7, 11) is 0. The molecule has 30 heavy (non-hydrogen) atoms. The van der Waals surface area contributed by atoms with E-state index in [4.69, 9.17) is 4.74 Å².